The van der Waals surface area contributed by atoms with Gasteiger partial charge in [-0.3, -0.25) is 4.90 Å². The maximum atomic E-state index is 6.45. The second-order valence-electron chi connectivity index (χ2n) is 6.20. The molecule has 0 unspecified atom stereocenters. The Hall–Kier alpha value is -1.99. The van der Waals surface area contributed by atoms with Gasteiger partial charge in [0.1, 0.15) is 5.82 Å². The van der Waals surface area contributed by atoms with Gasteiger partial charge >= 0.3 is 0 Å². The molecule has 3 aromatic rings. The van der Waals surface area contributed by atoms with Crippen molar-refractivity contribution >= 4 is 23.2 Å². The zero-order valence-electron chi connectivity index (χ0n) is 14.5. The van der Waals surface area contributed by atoms with Crippen LogP contribution in [0, 0.1) is 6.42 Å². The van der Waals surface area contributed by atoms with Crippen LogP contribution in [0.2, 0.25) is 10.0 Å². The second-order valence-corrected chi connectivity index (χ2v) is 7.04. The van der Waals surface area contributed by atoms with E-state index in [0.29, 0.717) is 15.9 Å². The number of hydrogen-bond acceptors (Lipinski definition) is 5. The largest absolute Gasteiger partial charge is 0.379 e. The lowest BCUT2D eigenvalue weighted by Gasteiger charge is -2.26. The Morgan fingerprint density at radius 1 is 1.15 bits per heavy atom. The van der Waals surface area contributed by atoms with E-state index in [1.807, 2.05) is 12.5 Å². The monoisotopic (exact) mass is 402 g/mol. The molecule has 6 nitrogen and oxygen atoms in total. The van der Waals surface area contributed by atoms with Gasteiger partial charge in [-0.15, -0.1) is 0 Å². The lowest BCUT2D eigenvalue weighted by Crippen LogP contribution is -2.37. The number of nitrogens with one attached hydrogen (secondary N) is 1. The van der Waals surface area contributed by atoms with E-state index in [2.05, 4.69) is 19.9 Å². The Labute approximate surface area is 167 Å². The van der Waals surface area contributed by atoms with Gasteiger partial charge < -0.3 is 9.72 Å². The molecule has 139 valence electrons. The molecule has 1 fully saturated rings. The molecule has 3 heterocycles. The number of imidazole rings is 1. The van der Waals surface area contributed by atoms with Crippen molar-refractivity contribution in [3.63, 3.8) is 0 Å². The van der Waals surface area contributed by atoms with Crippen LogP contribution >= 0.6 is 23.2 Å². The van der Waals surface area contributed by atoms with Crippen molar-refractivity contribution in [1.82, 2.24) is 24.8 Å². The number of hydrogen-bond donors (Lipinski definition) is 1. The normalized spacial score (nSPS) is 15.2. The zero-order chi connectivity index (χ0) is 18.6. The molecular weight excluding hydrogens is 385 g/mol. The molecule has 1 saturated heterocycles. The number of H-pyrrole nitrogens is 1. The molecule has 1 aromatic carbocycles. The highest BCUT2D eigenvalue weighted by atomic mass is 35.5. The van der Waals surface area contributed by atoms with Crippen LogP contribution in [0.4, 0.5) is 0 Å². The summed E-state index contributed by atoms with van der Waals surface area (Å²) in [6, 6.07) is 5.39. The van der Waals surface area contributed by atoms with Gasteiger partial charge in [0.05, 0.1) is 42.1 Å². The Kier molecular flexibility index (Phi) is 5.69. The van der Waals surface area contributed by atoms with E-state index in [9.17, 15) is 0 Å². The molecule has 0 spiro atoms. The van der Waals surface area contributed by atoms with Crippen LogP contribution in [0.15, 0.2) is 36.9 Å². The van der Waals surface area contributed by atoms with Crippen LogP contribution in [0.5, 0.6) is 0 Å². The average Bonchev–Trinajstić information content (AvgIpc) is 3.22. The van der Waals surface area contributed by atoms with E-state index in [1.165, 1.54) is 0 Å². The molecule has 0 aliphatic carbocycles. The van der Waals surface area contributed by atoms with Gasteiger partial charge in [-0.1, -0.05) is 23.2 Å². The first kappa shape index (κ1) is 18.4. The molecular formula is C19H18Cl2N5O. The van der Waals surface area contributed by atoms with Gasteiger partial charge in [0.15, 0.2) is 0 Å². The van der Waals surface area contributed by atoms with Crippen molar-refractivity contribution in [2.75, 3.05) is 32.8 Å². The SMILES string of the molecule is Clc1ccc(-c2nc([CH]CN3CCOCC3)ncc2-c2cnc[nH]2)c(Cl)c1. The zero-order valence-corrected chi connectivity index (χ0v) is 16.0. The van der Waals surface area contributed by atoms with Crippen molar-refractivity contribution < 1.29 is 4.74 Å². The maximum Gasteiger partial charge on any atom is 0.134 e. The standard InChI is InChI=1S/C19H18Cl2N5O/c20-13-1-2-14(16(21)9-13)19-15(17-11-22-12-24-17)10-23-18(25-19)3-4-26-5-7-27-8-6-26/h1-3,9-12H,4-8H2,(H,22,24). The fourth-order valence-electron chi connectivity index (χ4n) is 2.98. The number of aromatic amines is 1. The summed E-state index contributed by atoms with van der Waals surface area (Å²) >= 11 is 12.5. The smallest absolute Gasteiger partial charge is 0.134 e. The Morgan fingerprint density at radius 3 is 2.74 bits per heavy atom. The molecule has 0 atom stereocenters. The van der Waals surface area contributed by atoms with E-state index >= 15 is 0 Å². The summed E-state index contributed by atoms with van der Waals surface area (Å²) in [5, 5.41) is 1.13. The number of aromatic nitrogens is 4. The van der Waals surface area contributed by atoms with Gasteiger partial charge in [0.25, 0.3) is 0 Å². The minimum absolute atomic E-state index is 0.543. The fraction of sp³-hybridized carbons (Fsp3) is 0.263. The molecule has 1 aliphatic heterocycles. The summed E-state index contributed by atoms with van der Waals surface area (Å²) in [6.45, 7) is 4.13. The van der Waals surface area contributed by atoms with Crippen molar-refractivity contribution in [3.8, 4) is 22.5 Å². The number of ether oxygens (including phenoxy) is 1. The highest BCUT2D eigenvalue weighted by molar-refractivity contribution is 6.36. The molecule has 1 N–H and O–H groups in total. The Morgan fingerprint density at radius 2 is 2.00 bits per heavy atom. The molecule has 0 saturated carbocycles. The summed E-state index contributed by atoms with van der Waals surface area (Å²) in [5.74, 6) is 0.658. The first-order valence-electron chi connectivity index (χ1n) is 8.65. The number of halogens is 2. The van der Waals surface area contributed by atoms with Crippen LogP contribution in [-0.4, -0.2) is 57.7 Å². The third-order valence-electron chi connectivity index (χ3n) is 4.42. The first-order valence-corrected chi connectivity index (χ1v) is 9.41. The summed E-state index contributed by atoms with van der Waals surface area (Å²) in [4.78, 5) is 18.8. The van der Waals surface area contributed by atoms with Gasteiger partial charge in [0, 0.05) is 48.4 Å². The van der Waals surface area contributed by atoms with E-state index in [4.69, 9.17) is 32.9 Å². The fourth-order valence-corrected chi connectivity index (χ4v) is 3.47. The maximum absolute atomic E-state index is 6.45. The second kappa shape index (κ2) is 8.35. The number of rotatable bonds is 5. The summed E-state index contributed by atoms with van der Waals surface area (Å²) in [7, 11) is 0. The molecule has 27 heavy (non-hydrogen) atoms. The van der Waals surface area contributed by atoms with Crippen LogP contribution < -0.4 is 0 Å². The van der Waals surface area contributed by atoms with Crippen molar-refractivity contribution in [2.45, 2.75) is 0 Å². The predicted molar refractivity (Wildman–Crippen MR) is 106 cm³/mol. The Balaban J connectivity index is 1.67. The number of morpholine rings is 1. The number of nitrogens with zero attached hydrogens (tertiary/aromatic N) is 4. The van der Waals surface area contributed by atoms with E-state index < -0.39 is 0 Å². The van der Waals surface area contributed by atoms with Crippen LogP contribution in [0.1, 0.15) is 5.82 Å². The summed E-state index contributed by atoms with van der Waals surface area (Å²) < 4.78 is 5.39. The van der Waals surface area contributed by atoms with Gasteiger partial charge in [0.2, 0.25) is 0 Å². The summed E-state index contributed by atoms with van der Waals surface area (Å²) in [6.07, 6.45) is 7.19. The van der Waals surface area contributed by atoms with Crippen molar-refractivity contribution in [1.29, 1.82) is 0 Å². The van der Waals surface area contributed by atoms with Gasteiger partial charge in [-0.2, -0.15) is 0 Å². The Bertz CT molecular complexity index is 910. The highest BCUT2D eigenvalue weighted by Gasteiger charge is 2.17. The van der Waals surface area contributed by atoms with E-state index in [1.54, 1.807) is 30.9 Å². The van der Waals surface area contributed by atoms with E-state index in [-0.39, 0.29) is 0 Å². The van der Waals surface area contributed by atoms with Crippen LogP contribution in [0.25, 0.3) is 22.5 Å². The third kappa shape index (κ3) is 4.30. The third-order valence-corrected chi connectivity index (χ3v) is 4.97. The molecule has 0 bridgehead atoms. The first-order chi connectivity index (χ1) is 13.2. The molecule has 4 rings (SSSR count). The highest BCUT2D eigenvalue weighted by Crippen LogP contribution is 2.34. The summed E-state index contributed by atoms with van der Waals surface area (Å²) in [5.41, 5.74) is 3.20. The molecule has 2 aromatic heterocycles. The molecule has 1 radical (unpaired) electrons. The topological polar surface area (TPSA) is 66.9 Å². The lowest BCUT2D eigenvalue weighted by atomic mass is 10.0. The minimum Gasteiger partial charge on any atom is -0.379 e. The molecule has 8 heteroatoms. The van der Waals surface area contributed by atoms with Crippen molar-refractivity contribution in [2.24, 2.45) is 0 Å². The van der Waals surface area contributed by atoms with Gasteiger partial charge in [-0.25, -0.2) is 15.0 Å². The van der Waals surface area contributed by atoms with Crippen LogP contribution in [-0.2, 0) is 4.74 Å². The van der Waals surface area contributed by atoms with E-state index in [0.717, 1.165) is 55.4 Å². The molecule has 1 aliphatic rings. The van der Waals surface area contributed by atoms with Crippen LogP contribution in [0.3, 0.4) is 0 Å². The van der Waals surface area contributed by atoms with Gasteiger partial charge in [-0.05, 0) is 18.2 Å². The minimum atomic E-state index is 0.543. The quantitative estimate of drug-likeness (QED) is 0.703. The number of benzene rings is 1. The average molecular weight is 403 g/mol. The predicted octanol–water partition coefficient (Wildman–Crippen LogP) is 3.73. The lowest BCUT2D eigenvalue weighted by molar-refractivity contribution is 0.0420. The van der Waals surface area contributed by atoms with Crippen molar-refractivity contribution in [3.05, 3.63) is 59.2 Å². The molecule has 0 amide bonds.